The highest BCUT2D eigenvalue weighted by Crippen LogP contribution is 2.21. The SMILES string of the molecule is CC[C@@H](Oc1cc(C)ccc1C)C(=O)NCCN(C)c1ccccc1. The molecule has 4 nitrogen and oxygen atoms in total. The van der Waals surface area contributed by atoms with Gasteiger partial charge in [-0.15, -0.1) is 0 Å². The smallest absolute Gasteiger partial charge is 0.261 e. The van der Waals surface area contributed by atoms with Gasteiger partial charge in [-0.1, -0.05) is 37.3 Å². The summed E-state index contributed by atoms with van der Waals surface area (Å²) in [6.07, 6.45) is 0.163. The summed E-state index contributed by atoms with van der Waals surface area (Å²) in [5, 5.41) is 2.98. The molecule has 25 heavy (non-hydrogen) atoms. The standard InChI is InChI=1S/C21H28N2O2/c1-5-19(25-20-15-16(2)11-12-17(20)3)21(24)22-13-14-23(4)18-9-7-6-8-10-18/h6-12,15,19H,5,13-14H2,1-4H3,(H,22,24)/t19-/m1/s1. The normalized spacial score (nSPS) is 11.7. The predicted molar refractivity (Wildman–Crippen MR) is 103 cm³/mol. The molecule has 0 fully saturated rings. The molecule has 0 aliphatic carbocycles. The number of hydrogen-bond acceptors (Lipinski definition) is 3. The molecule has 2 rings (SSSR count). The maximum atomic E-state index is 12.4. The maximum Gasteiger partial charge on any atom is 0.261 e. The van der Waals surface area contributed by atoms with Crippen LogP contribution in [0.15, 0.2) is 48.5 Å². The molecule has 0 aliphatic heterocycles. The average molecular weight is 340 g/mol. The van der Waals surface area contributed by atoms with E-state index in [4.69, 9.17) is 4.74 Å². The van der Waals surface area contributed by atoms with Gasteiger partial charge in [0.15, 0.2) is 6.10 Å². The molecule has 0 saturated carbocycles. The molecule has 2 aromatic carbocycles. The third-order valence-electron chi connectivity index (χ3n) is 4.22. The summed E-state index contributed by atoms with van der Waals surface area (Å²) in [4.78, 5) is 14.6. The zero-order valence-electron chi connectivity index (χ0n) is 15.6. The third kappa shape index (κ3) is 5.52. The van der Waals surface area contributed by atoms with Crippen molar-refractivity contribution in [2.24, 2.45) is 0 Å². The van der Waals surface area contributed by atoms with Gasteiger partial charge in [0.25, 0.3) is 5.91 Å². The molecule has 1 amide bonds. The van der Waals surface area contributed by atoms with E-state index >= 15 is 0 Å². The summed E-state index contributed by atoms with van der Waals surface area (Å²) in [5.41, 5.74) is 3.30. The lowest BCUT2D eigenvalue weighted by Crippen LogP contribution is -2.41. The van der Waals surface area contributed by atoms with E-state index in [9.17, 15) is 4.79 Å². The van der Waals surface area contributed by atoms with Crippen LogP contribution in [0.5, 0.6) is 5.75 Å². The number of ether oxygens (including phenoxy) is 1. The van der Waals surface area contributed by atoms with Crippen molar-refractivity contribution in [3.8, 4) is 5.75 Å². The van der Waals surface area contributed by atoms with E-state index in [0.29, 0.717) is 13.0 Å². The van der Waals surface area contributed by atoms with E-state index in [-0.39, 0.29) is 5.91 Å². The topological polar surface area (TPSA) is 41.6 Å². The summed E-state index contributed by atoms with van der Waals surface area (Å²) in [7, 11) is 2.02. The van der Waals surface area contributed by atoms with Crippen LogP contribution in [0.25, 0.3) is 0 Å². The van der Waals surface area contributed by atoms with Gasteiger partial charge in [0.05, 0.1) is 0 Å². The first-order valence-corrected chi connectivity index (χ1v) is 8.79. The van der Waals surface area contributed by atoms with Crippen molar-refractivity contribution in [3.63, 3.8) is 0 Å². The average Bonchev–Trinajstić information content (AvgIpc) is 2.62. The Morgan fingerprint density at radius 1 is 1.16 bits per heavy atom. The lowest BCUT2D eigenvalue weighted by Gasteiger charge is -2.22. The van der Waals surface area contributed by atoms with Gasteiger partial charge in [-0.05, 0) is 49.6 Å². The first kappa shape index (κ1) is 18.8. The van der Waals surface area contributed by atoms with Gasteiger partial charge < -0.3 is 15.0 Å². The first-order chi connectivity index (χ1) is 12.0. The zero-order valence-corrected chi connectivity index (χ0v) is 15.6. The van der Waals surface area contributed by atoms with Gasteiger partial charge in [-0.25, -0.2) is 0 Å². The van der Waals surface area contributed by atoms with Gasteiger partial charge >= 0.3 is 0 Å². The number of para-hydroxylation sites is 1. The summed E-state index contributed by atoms with van der Waals surface area (Å²) in [5.74, 6) is 0.716. The van der Waals surface area contributed by atoms with E-state index in [1.807, 2.05) is 64.2 Å². The number of hydrogen-bond donors (Lipinski definition) is 1. The van der Waals surface area contributed by atoms with Crippen molar-refractivity contribution in [2.75, 3.05) is 25.0 Å². The van der Waals surface area contributed by atoms with E-state index < -0.39 is 6.10 Å². The summed E-state index contributed by atoms with van der Waals surface area (Å²) >= 11 is 0. The minimum absolute atomic E-state index is 0.0649. The fourth-order valence-corrected chi connectivity index (χ4v) is 2.58. The lowest BCUT2D eigenvalue weighted by atomic mass is 10.1. The molecule has 0 aliphatic rings. The summed E-state index contributed by atoms with van der Waals surface area (Å²) < 4.78 is 5.95. The molecule has 0 unspecified atom stereocenters. The molecule has 134 valence electrons. The Kier molecular flexibility index (Phi) is 6.87. The van der Waals surface area contributed by atoms with Crippen LogP contribution in [-0.4, -0.2) is 32.1 Å². The number of carbonyl (C=O) groups excluding carboxylic acids is 1. The molecule has 0 radical (unpaired) electrons. The molecule has 2 aromatic rings. The quantitative estimate of drug-likeness (QED) is 0.796. The fourth-order valence-electron chi connectivity index (χ4n) is 2.58. The molecule has 0 spiro atoms. The number of nitrogens with zero attached hydrogens (tertiary/aromatic N) is 1. The van der Waals surface area contributed by atoms with E-state index in [0.717, 1.165) is 29.1 Å². The molecular weight excluding hydrogens is 312 g/mol. The van der Waals surface area contributed by atoms with Crippen molar-refractivity contribution in [2.45, 2.75) is 33.3 Å². The second kappa shape index (κ2) is 9.11. The van der Waals surface area contributed by atoms with Gasteiger partial charge in [-0.3, -0.25) is 4.79 Å². The van der Waals surface area contributed by atoms with E-state index in [1.165, 1.54) is 0 Å². The number of carbonyl (C=O) groups is 1. The Hall–Kier alpha value is -2.49. The van der Waals surface area contributed by atoms with Gasteiger partial charge in [0.1, 0.15) is 5.75 Å². The van der Waals surface area contributed by atoms with E-state index in [2.05, 4.69) is 22.3 Å². The largest absolute Gasteiger partial charge is 0.480 e. The summed E-state index contributed by atoms with van der Waals surface area (Å²) in [6, 6.07) is 16.2. The molecule has 1 N–H and O–H groups in total. The highest BCUT2D eigenvalue weighted by Gasteiger charge is 2.19. The number of rotatable bonds is 8. The Balaban J connectivity index is 1.86. The first-order valence-electron chi connectivity index (χ1n) is 8.79. The van der Waals surface area contributed by atoms with Crippen molar-refractivity contribution < 1.29 is 9.53 Å². The highest BCUT2D eigenvalue weighted by atomic mass is 16.5. The van der Waals surface area contributed by atoms with Crippen LogP contribution in [-0.2, 0) is 4.79 Å². The minimum atomic E-state index is -0.470. The van der Waals surface area contributed by atoms with Crippen LogP contribution in [0.3, 0.4) is 0 Å². The number of anilines is 1. The van der Waals surface area contributed by atoms with Crippen LogP contribution in [0, 0.1) is 13.8 Å². The second-order valence-corrected chi connectivity index (χ2v) is 6.33. The van der Waals surface area contributed by atoms with Gasteiger partial charge in [0.2, 0.25) is 0 Å². The minimum Gasteiger partial charge on any atom is -0.480 e. The lowest BCUT2D eigenvalue weighted by molar-refractivity contribution is -0.128. The molecule has 0 bridgehead atoms. The second-order valence-electron chi connectivity index (χ2n) is 6.33. The third-order valence-corrected chi connectivity index (χ3v) is 4.22. The number of amides is 1. The Bertz CT molecular complexity index is 686. The Morgan fingerprint density at radius 3 is 2.56 bits per heavy atom. The Labute approximate surface area is 150 Å². The highest BCUT2D eigenvalue weighted by molar-refractivity contribution is 5.81. The van der Waals surface area contributed by atoms with Crippen LogP contribution in [0.4, 0.5) is 5.69 Å². The van der Waals surface area contributed by atoms with Crippen molar-refractivity contribution >= 4 is 11.6 Å². The van der Waals surface area contributed by atoms with Crippen molar-refractivity contribution in [1.29, 1.82) is 0 Å². The summed E-state index contributed by atoms with van der Waals surface area (Å²) in [6.45, 7) is 7.30. The van der Waals surface area contributed by atoms with Crippen LogP contribution in [0.1, 0.15) is 24.5 Å². The maximum absolute atomic E-state index is 12.4. The van der Waals surface area contributed by atoms with Crippen molar-refractivity contribution in [3.05, 3.63) is 59.7 Å². The van der Waals surface area contributed by atoms with Crippen LogP contribution >= 0.6 is 0 Å². The molecular formula is C21H28N2O2. The number of nitrogens with one attached hydrogen (secondary N) is 1. The van der Waals surface area contributed by atoms with Gasteiger partial charge in [-0.2, -0.15) is 0 Å². The Morgan fingerprint density at radius 2 is 1.88 bits per heavy atom. The zero-order chi connectivity index (χ0) is 18.2. The number of benzene rings is 2. The number of likely N-dealkylation sites (N-methyl/N-ethyl adjacent to an activating group) is 1. The van der Waals surface area contributed by atoms with Crippen molar-refractivity contribution in [1.82, 2.24) is 5.32 Å². The molecule has 0 saturated heterocycles. The predicted octanol–water partition coefficient (Wildman–Crippen LogP) is 3.71. The number of aryl methyl sites for hydroxylation is 2. The monoisotopic (exact) mass is 340 g/mol. The molecule has 4 heteroatoms. The van der Waals surface area contributed by atoms with Crippen LogP contribution < -0.4 is 15.0 Å². The molecule has 0 aromatic heterocycles. The van der Waals surface area contributed by atoms with E-state index in [1.54, 1.807) is 0 Å². The molecule has 1 atom stereocenters. The molecule has 0 heterocycles. The van der Waals surface area contributed by atoms with Crippen LogP contribution in [0.2, 0.25) is 0 Å². The van der Waals surface area contributed by atoms with Gasteiger partial charge in [0, 0.05) is 25.8 Å². The fraction of sp³-hybridized carbons (Fsp3) is 0.381.